The van der Waals surface area contributed by atoms with Crippen LogP contribution in [-0.2, 0) is 12.7 Å². The number of hydrogen-bond acceptors (Lipinski definition) is 6. The van der Waals surface area contributed by atoms with Crippen molar-refractivity contribution in [2.75, 3.05) is 37.9 Å². The molecular weight excluding hydrogens is 556 g/mol. The Morgan fingerprint density at radius 3 is 2.26 bits per heavy atom. The molecule has 1 heterocycles. The Bertz CT molecular complexity index is 1580. The average molecular weight is 587 g/mol. The Kier molecular flexibility index (Phi) is 9.36. The van der Waals surface area contributed by atoms with Crippen LogP contribution in [0.4, 0.5) is 33.7 Å². The smallest absolute Gasteiger partial charge is 0.416 e. The number of fused-ring (bicyclic) bond motifs is 1. The lowest BCUT2D eigenvalue weighted by atomic mass is 10.1. The molecule has 3 aromatic carbocycles. The van der Waals surface area contributed by atoms with Crippen LogP contribution in [0.1, 0.15) is 25.0 Å². The second-order valence-corrected chi connectivity index (χ2v) is 9.19. The quantitative estimate of drug-likeness (QED) is 0.185. The Morgan fingerprint density at radius 2 is 1.62 bits per heavy atom. The predicted molar refractivity (Wildman–Crippen MR) is 152 cm³/mol. The van der Waals surface area contributed by atoms with Crippen LogP contribution in [-0.4, -0.2) is 43.2 Å². The maximum atomic E-state index is 14.9. The first-order valence-corrected chi connectivity index (χ1v) is 13.0. The van der Waals surface area contributed by atoms with Crippen molar-refractivity contribution in [2.24, 2.45) is 0 Å². The zero-order valence-corrected chi connectivity index (χ0v) is 23.4. The van der Waals surface area contributed by atoms with Gasteiger partial charge < -0.3 is 24.8 Å². The number of alkyl halides is 3. The maximum Gasteiger partial charge on any atom is 0.416 e. The van der Waals surface area contributed by atoms with Gasteiger partial charge in [-0.1, -0.05) is 19.9 Å². The number of anilines is 2. The third-order valence-corrected chi connectivity index (χ3v) is 6.58. The molecule has 0 saturated heterocycles. The first-order valence-electron chi connectivity index (χ1n) is 13.0. The predicted octanol–water partition coefficient (Wildman–Crippen LogP) is 7.69. The summed E-state index contributed by atoms with van der Waals surface area (Å²) >= 11 is 0. The number of nitrogens with one attached hydrogen (secondary N) is 2. The fourth-order valence-corrected chi connectivity index (χ4v) is 4.35. The molecule has 0 fully saturated rings. The van der Waals surface area contributed by atoms with Gasteiger partial charge in [0.1, 0.15) is 17.3 Å². The van der Waals surface area contributed by atoms with Crippen molar-refractivity contribution in [2.45, 2.75) is 26.6 Å². The molecule has 4 rings (SSSR count). The highest BCUT2D eigenvalue weighted by molar-refractivity contribution is 6.00. The molecule has 222 valence electrons. The highest BCUT2D eigenvalue weighted by Gasteiger charge is 2.34. The van der Waals surface area contributed by atoms with Crippen LogP contribution in [0, 0.1) is 5.82 Å². The van der Waals surface area contributed by atoms with Gasteiger partial charge in [0, 0.05) is 35.9 Å². The molecule has 0 atom stereocenters. The number of hydrogen-bond donors (Lipinski definition) is 2. The van der Waals surface area contributed by atoms with Gasteiger partial charge in [-0.2, -0.15) is 13.2 Å². The Balaban J connectivity index is 1.49. The van der Waals surface area contributed by atoms with Crippen molar-refractivity contribution >= 4 is 28.3 Å². The van der Waals surface area contributed by atoms with E-state index in [1.54, 1.807) is 18.2 Å². The molecule has 4 aromatic rings. The van der Waals surface area contributed by atoms with E-state index >= 15 is 0 Å². The number of rotatable bonds is 10. The third-order valence-electron chi connectivity index (χ3n) is 6.58. The number of amides is 2. The Hall–Kier alpha value is -4.58. The van der Waals surface area contributed by atoms with Crippen LogP contribution >= 0.6 is 0 Å². The summed E-state index contributed by atoms with van der Waals surface area (Å²) in [5.41, 5.74) is -0.464. The van der Waals surface area contributed by atoms with Crippen molar-refractivity contribution in [1.29, 1.82) is 0 Å². The largest absolute Gasteiger partial charge is 0.493 e. The van der Waals surface area contributed by atoms with E-state index in [0.29, 0.717) is 41.2 Å². The number of urea groups is 1. The van der Waals surface area contributed by atoms with E-state index in [1.807, 2.05) is 18.7 Å². The molecule has 0 radical (unpaired) electrons. The van der Waals surface area contributed by atoms with E-state index in [2.05, 4.69) is 15.6 Å². The number of methoxy groups -OCH3 is 2. The summed E-state index contributed by atoms with van der Waals surface area (Å²) in [4.78, 5) is 18.7. The summed E-state index contributed by atoms with van der Waals surface area (Å²) in [6.07, 6.45) is -3.09. The molecule has 0 aliphatic carbocycles. The molecule has 42 heavy (non-hydrogen) atoms. The van der Waals surface area contributed by atoms with Crippen LogP contribution < -0.4 is 24.8 Å². The summed E-state index contributed by atoms with van der Waals surface area (Å²) in [5.74, 6) is 0.647. The lowest BCUT2D eigenvalue weighted by Crippen LogP contribution is -2.25. The van der Waals surface area contributed by atoms with Crippen LogP contribution in [0.15, 0.2) is 60.8 Å². The van der Waals surface area contributed by atoms with Gasteiger partial charge in [-0.15, -0.1) is 0 Å². The van der Waals surface area contributed by atoms with Crippen LogP contribution in [0.5, 0.6) is 23.0 Å². The summed E-state index contributed by atoms with van der Waals surface area (Å²) in [6.45, 7) is 5.03. The highest BCUT2D eigenvalue weighted by Crippen LogP contribution is 2.38. The van der Waals surface area contributed by atoms with Gasteiger partial charge in [0.15, 0.2) is 11.5 Å². The minimum atomic E-state index is -4.62. The zero-order chi connectivity index (χ0) is 30.4. The summed E-state index contributed by atoms with van der Waals surface area (Å²) < 4.78 is 72.7. The van der Waals surface area contributed by atoms with Crippen molar-refractivity contribution in [1.82, 2.24) is 9.88 Å². The number of benzene rings is 3. The number of carbonyl (C=O) groups is 1. The van der Waals surface area contributed by atoms with Crippen molar-refractivity contribution < 1.29 is 36.6 Å². The summed E-state index contributed by atoms with van der Waals surface area (Å²) in [6, 6.07) is 11.4. The lowest BCUT2D eigenvalue weighted by molar-refractivity contribution is -0.138. The van der Waals surface area contributed by atoms with E-state index in [1.165, 1.54) is 44.7 Å². The molecule has 0 bridgehead atoms. The van der Waals surface area contributed by atoms with Crippen molar-refractivity contribution in [3.8, 4) is 23.0 Å². The first kappa shape index (κ1) is 30.4. The monoisotopic (exact) mass is 586 g/mol. The molecule has 8 nitrogen and oxygen atoms in total. The number of pyridine rings is 1. The Morgan fingerprint density at radius 1 is 0.905 bits per heavy atom. The molecule has 0 unspecified atom stereocenters. The minimum absolute atomic E-state index is 0.0832. The topological polar surface area (TPSA) is 85.0 Å². The summed E-state index contributed by atoms with van der Waals surface area (Å²) in [7, 11) is 3.00. The molecule has 1 aromatic heterocycles. The molecule has 0 aliphatic heterocycles. The molecule has 0 spiro atoms. The third kappa shape index (κ3) is 7.00. The van der Waals surface area contributed by atoms with Gasteiger partial charge in [0.2, 0.25) is 0 Å². The van der Waals surface area contributed by atoms with Gasteiger partial charge in [0.25, 0.3) is 0 Å². The molecule has 0 aliphatic rings. The molecule has 12 heteroatoms. The molecular formula is C30H30F4N4O4. The van der Waals surface area contributed by atoms with Gasteiger partial charge in [-0.25, -0.2) is 9.18 Å². The fourth-order valence-electron chi connectivity index (χ4n) is 4.35. The van der Waals surface area contributed by atoms with E-state index in [0.717, 1.165) is 12.1 Å². The SMILES string of the molecule is CCN(CC)Cc1ccc(NC(=O)Nc2ccc(Oc3ccnc4cc(OC)c(OC)cc34)cc2F)cc1C(F)(F)F. The van der Waals surface area contributed by atoms with Crippen LogP contribution in [0.3, 0.4) is 0 Å². The number of aromatic nitrogens is 1. The summed E-state index contributed by atoms with van der Waals surface area (Å²) in [5, 5.41) is 5.26. The minimum Gasteiger partial charge on any atom is -0.493 e. The molecule has 2 N–H and O–H groups in total. The zero-order valence-electron chi connectivity index (χ0n) is 23.4. The number of nitrogens with zero attached hydrogens (tertiary/aromatic N) is 2. The van der Waals surface area contributed by atoms with E-state index in [-0.39, 0.29) is 29.2 Å². The Labute approximate surface area is 240 Å². The van der Waals surface area contributed by atoms with Crippen LogP contribution in [0.25, 0.3) is 10.9 Å². The van der Waals surface area contributed by atoms with Gasteiger partial charge in [0.05, 0.1) is 31.0 Å². The maximum absolute atomic E-state index is 14.9. The molecule has 0 saturated carbocycles. The van der Waals surface area contributed by atoms with Crippen molar-refractivity contribution in [3.05, 3.63) is 77.7 Å². The van der Waals surface area contributed by atoms with Crippen LogP contribution in [0.2, 0.25) is 0 Å². The van der Waals surface area contributed by atoms with E-state index in [9.17, 15) is 22.4 Å². The van der Waals surface area contributed by atoms with E-state index in [4.69, 9.17) is 14.2 Å². The number of ether oxygens (including phenoxy) is 3. The number of halogens is 4. The highest BCUT2D eigenvalue weighted by atomic mass is 19.4. The standard InChI is InChI=1S/C30H30F4N4O4/c1-5-38(6-2)17-18-7-8-19(13-22(18)30(32,33)34)36-29(39)37-24-10-9-20(14-23(24)31)42-26-11-12-35-25-16-28(41-4)27(40-3)15-21(25)26/h7-16H,5-6,17H2,1-4H3,(H2,36,37,39). The van der Waals surface area contributed by atoms with Gasteiger partial charge in [-0.05, 0) is 55.1 Å². The molecule has 2 amide bonds. The van der Waals surface area contributed by atoms with E-state index < -0.39 is 23.6 Å². The first-order chi connectivity index (χ1) is 20.1. The lowest BCUT2D eigenvalue weighted by Gasteiger charge is -2.21. The average Bonchev–Trinajstić information content (AvgIpc) is 2.96. The second kappa shape index (κ2) is 12.9. The normalized spacial score (nSPS) is 11.5. The second-order valence-electron chi connectivity index (χ2n) is 9.19. The van der Waals surface area contributed by atoms with Gasteiger partial charge in [-0.3, -0.25) is 9.88 Å². The van der Waals surface area contributed by atoms with Gasteiger partial charge >= 0.3 is 12.2 Å². The fraction of sp³-hybridized carbons (Fsp3) is 0.267. The van der Waals surface area contributed by atoms with Crippen molar-refractivity contribution in [3.63, 3.8) is 0 Å². The number of carbonyl (C=O) groups excluding carboxylic acids is 1.